The Morgan fingerprint density at radius 2 is 1.41 bits per heavy atom. The van der Waals surface area contributed by atoms with Crippen molar-refractivity contribution >= 4 is 17.6 Å². The topological polar surface area (TPSA) is 18.5 Å². The number of nitrogens with zero attached hydrogens (tertiary/aromatic N) is 1. The van der Waals surface area contributed by atoms with Crippen molar-refractivity contribution in [2.24, 2.45) is 0 Å². The van der Waals surface area contributed by atoms with Gasteiger partial charge in [0, 0.05) is 19.6 Å². The molecule has 3 nitrogen and oxygen atoms in total. The highest BCUT2D eigenvalue weighted by Crippen LogP contribution is 2.42. The van der Waals surface area contributed by atoms with Gasteiger partial charge in [-0.05, 0) is 32.9 Å². The van der Waals surface area contributed by atoms with E-state index < -0.39 is 6.10 Å². The summed E-state index contributed by atoms with van der Waals surface area (Å²) in [6.07, 6.45) is -1.86. The summed E-state index contributed by atoms with van der Waals surface area (Å²) in [5.41, 5.74) is 0. The van der Waals surface area contributed by atoms with Crippen molar-refractivity contribution < 1.29 is 13.7 Å². The number of fused-ring (bicyclic) bond motifs is 1. The third-order valence-electron chi connectivity index (χ3n) is 3.94. The molecule has 1 aromatic rings. The first-order valence-electron chi connectivity index (χ1n) is 6.25. The van der Waals surface area contributed by atoms with Gasteiger partial charge in [0.2, 0.25) is 0 Å². The van der Waals surface area contributed by atoms with E-state index in [9.17, 15) is 0 Å². The Morgan fingerprint density at radius 3 is 1.76 bits per heavy atom. The van der Waals surface area contributed by atoms with Crippen molar-refractivity contribution in [2.75, 3.05) is 19.6 Å². The fourth-order valence-corrected chi connectivity index (χ4v) is 3.14. The predicted octanol–water partition coefficient (Wildman–Crippen LogP) is 3.01. The van der Waals surface area contributed by atoms with Crippen LogP contribution in [0.2, 0.25) is 0 Å². The molecule has 1 aliphatic heterocycles. The minimum absolute atomic E-state index is 0.635. The second-order valence-corrected chi connectivity index (χ2v) is 4.98. The van der Waals surface area contributed by atoms with Crippen molar-refractivity contribution in [3.05, 3.63) is 24.3 Å². The number of benzene rings is 1. The van der Waals surface area contributed by atoms with Gasteiger partial charge in [0.25, 0.3) is 0 Å². The van der Waals surface area contributed by atoms with Crippen molar-refractivity contribution in [2.45, 2.75) is 20.8 Å². The van der Waals surface area contributed by atoms with Gasteiger partial charge in [-0.1, -0.05) is 12.1 Å². The molecule has 0 radical (unpaired) electrons. The predicted molar refractivity (Wildman–Crippen MR) is 71.2 cm³/mol. The Morgan fingerprint density at radius 1 is 1.00 bits per heavy atom. The van der Waals surface area contributed by atoms with Crippen LogP contribution in [-0.2, 0) is 0 Å². The maximum absolute atomic E-state index is 6.65. The summed E-state index contributed by atoms with van der Waals surface area (Å²) in [5.74, 6) is 1.50. The van der Waals surface area contributed by atoms with E-state index in [2.05, 4.69) is 20.8 Å². The number of hydrogen-bond donors (Lipinski definition) is 0. The summed E-state index contributed by atoms with van der Waals surface area (Å²) in [7, 11) is 0. The summed E-state index contributed by atoms with van der Waals surface area (Å²) >= 11 is 6.65. The van der Waals surface area contributed by atoms with Gasteiger partial charge in [0.1, 0.15) is 11.5 Å². The van der Waals surface area contributed by atoms with Crippen LogP contribution in [0.15, 0.2) is 24.3 Å². The van der Waals surface area contributed by atoms with E-state index in [0.29, 0.717) is 4.39 Å². The molecule has 5 heteroatoms. The third-order valence-corrected chi connectivity index (χ3v) is 4.53. The molecular weight excluding hydrogens is 236 g/mol. The largest absolute Gasteiger partial charge is 0.676 e. The molecule has 0 bridgehead atoms. The summed E-state index contributed by atoms with van der Waals surface area (Å²) in [5, 5.41) is 0. The number of rotatable bonds is 4. The summed E-state index contributed by atoms with van der Waals surface area (Å²) in [6.45, 7) is 9.04. The van der Waals surface area contributed by atoms with Crippen LogP contribution >= 0.6 is 11.5 Å². The molecule has 94 valence electrons. The Bertz CT molecular complexity index is 376. The number of quaternary nitrogens is 1. The highest BCUT2D eigenvalue weighted by molar-refractivity contribution is 7.09. The quantitative estimate of drug-likeness (QED) is 0.770. The average Bonchev–Trinajstić information content (AvgIpc) is 2.69. The van der Waals surface area contributed by atoms with Crippen LogP contribution in [0.4, 0.5) is 0 Å². The van der Waals surface area contributed by atoms with Gasteiger partial charge >= 0.3 is 6.10 Å². The molecule has 0 aromatic heterocycles. The Balaban J connectivity index is 2.35. The molecule has 0 saturated carbocycles. The van der Waals surface area contributed by atoms with Crippen LogP contribution < -0.4 is 9.31 Å². The molecule has 0 fully saturated rings. The smallest absolute Gasteiger partial charge is 0.614 e. The average molecular weight is 256 g/mol. The van der Waals surface area contributed by atoms with Crippen molar-refractivity contribution in [1.29, 1.82) is 0 Å². The third kappa shape index (κ3) is 1.80. The second-order valence-electron chi connectivity index (χ2n) is 4.43. The molecule has 0 aliphatic carbocycles. The minimum atomic E-state index is -1.86. The maximum atomic E-state index is 6.65. The SMILES string of the molecule is CC[N+](CC)(CC)[B-]1(Cl)Oc2ccccc2O1. The zero-order chi connectivity index (χ0) is 12.5. The molecule has 0 amide bonds. The number of hydrogen-bond acceptors (Lipinski definition) is 2. The van der Waals surface area contributed by atoms with Crippen molar-refractivity contribution in [3.63, 3.8) is 0 Å². The van der Waals surface area contributed by atoms with E-state index in [1.165, 1.54) is 0 Å². The zero-order valence-corrected chi connectivity index (χ0v) is 11.4. The van der Waals surface area contributed by atoms with E-state index in [1.54, 1.807) is 0 Å². The van der Waals surface area contributed by atoms with Crippen molar-refractivity contribution in [3.8, 4) is 11.5 Å². The minimum Gasteiger partial charge on any atom is -0.614 e. The Hall–Kier alpha value is -0.865. The van der Waals surface area contributed by atoms with E-state index in [1.807, 2.05) is 24.3 Å². The molecular formula is C12H19BClNO2. The zero-order valence-electron chi connectivity index (χ0n) is 10.6. The van der Waals surface area contributed by atoms with Gasteiger partial charge in [-0.3, -0.25) is 0 Å². The molecule has 1 aliphatic rings. The first kappa shape index (κ1) is 12.6. The van der Waals surface area contributed by atoms with E-state index in [-0.39, 0.29) is 0 Å². The Kier molecular flexibility index (Phi) is 3.28. The van der Waals surface area contributed by atoms with Gasteiger partial charge in [0.05, 0.1) is 0 Å². The van der Waals surface area contributed by atoms with Crippen LogP contribution in [0.3, 0.4) is 0 Å². The van der Waals surface area contributed by atoms with Crippen LogP contribution in [0.5, 0.6) is 11.5 Å². The molecule has 1 aromatic carbocycles. The van der Waals surface area contributed by atoms with Crippen LogP contribution in [0.25, 0.3) is 0 Å². The molecule has 17 heavy (non-hydrogen) atoms. The normalized spacial score (nSPS) is 17.2. The monoisotopic (exact) mass is 255 g/mol. The van der Waals surface area contributed by atoms with Gasteiger partial charge in [-0.25, -0.2) is 11.5 Å². The van der Waals surface area contributed by atoms with Gasteiger partial charge < -0.3 is 13.7 Å². The van der Waals surface area contributed by atoms with E-state index in [0.717, 1.165) is 31.1 Å². The van der Waals surface area contributed by atoms with Gasteiger partial charge in [0.15, 0.2) is 0 Å². The fraction of sp³-hybridized carbons (Fsp3) is 0.500. The fourth-order valence-electron chi connectivity index (χ4n) is 2.53. The summed E-state index contributed by atoms with van der Waals surface area (Å²) in [6, 6.07) is 7.66. The van der Waals surface area contributed by atoms with Crippen LogP contribution in [0, 0.1) is 0 Å². The maximum Gasteiger partial charge on any atom is 0.676 e. The van der Waals surface area contributed by atoms with Crippen molar-refractivity contribution in [1.82, 2.24) is 0 Å². The molecule has 0 atom stereocenters. The number of halogens is 1. The van der Waals surface area contributed by atoms with E-state index >= 15 is 0 Å². The molecule has 0 N–H and O–H groups in total. The van der Waals surface area contributed by atoms with E-state index in [4.69, 9.17) is 20.8 Å². The first-order chi connectivity index (χ1) is 8.11. The van der Waals surface area contributed by atoms with Crippen LogP contribution in [-0.4, -0.2) is 30.1 Å². The highest BCUT2D eigenvalue weighted by Gasteiger charge is 2.54. The molecule has 0 unspecified atom stereocenters. The van der Waals surface area contributed by atoms with Crippen LogP contribution in [0.1, 0.15) is 20.8 Å². The first-order valence-corrected chi connectivity index (χ1v) is 6.69. The summed E-state index contributed by atoms with van der Waals surface area (Å²) in [4.78, 5) is 0. The lowest BCUT2D eigenvalue weighted by Gasteiger charge is -2.50. The lowest BCUT2D eigenvalue weighted by molar-refractivity contribution is -0.837. The standard InChI is InChI=1S/C12H19BClNO2/c1-4-15(5-2,6-3)13(14)16-11-9-7-8-10-12(11)17-13/h7-10H,4-6H2,1-3H3. The lowest BCUT2D eigenvalue weighted by atomic mass is 9.95. The Labute approximate surface area is 108 Å². The molecule has 0 spiro atoms. The molecule has 2 rings (SSSR count). The lowest BCUT2D eigenvalue weighted by Crippen LogP contribution is -2.70. The second kappa shape index (κ2) is 4.43. The highest BCUT2D eigenvalue weighted by atomic mass is 35.5. The van der Waals surface area contributed by atoms with Gasteiger partial charge in [-0.2, -0.15) is 0 Å². The molecule has 1 heterocycles. The van der Waals surface area contributed by atoms with Gasteiger partial charge in [-0.15, -0.1) is 0 Å². The number of para-hydroxylation sites is 2. The molecule has 0 saturated heterocycles. The summed E-state index contributed by atoms with van der Waals surface area (Å²) < 4.78 is 12.5.